The summed E-state index contributed by atoms with van der Waals surface area (Å²) in [6, 6.07) is 27.2. The zero-order valence-corrected chi connectivity index (χ0v) is 20.5. The van der Waals surface area contributed by atoms with Crippen LogP contribution in [0.15, 0.2) is 118 Å². The lowest BCUT2D eigenvalue weighted by molar-refractivity contribution is -0.120. The molecule has 1 atom stereocenters. The number of nitrogens with one attached hydrogen (secondary N) is 1. The molecule has 1 aliphatic heterocycles. The molecule has 0 saturated carbocycles. The Balaban J connectivity index is 1.38. The van der Waals surface area contributed by atoms with Gasteiger partial charge in [0.2, 0.25) is 15.9 Å². The van der Waals surface area contributed by atoms with Gasteiger partial charge in [0.15, 0.2) is 0 Å². The molecule has 0 spiro atoms. The van der Waals surface area contributed by atoms with Crippen molar-refractivity contribution in [1.29, 1.82) is 0 Å². The highest BCUT2D eigenvalue weighted by atomic mass is 32.2. The minimum atomic E-state index is -4.07. The summed E-state index contributed by atoms with van der Waals surface area (Å²) < 4.78 is 41.6. The minimum absolute atomic E-state index is 0.0345. The van der Waals surface area contributed by atoms with Crippen molar-refractivity contribution in [2.24, 2.45) is 10.2 Å². The highest BCUT2D eigenvalue weighted by Gasteiger charge is 2.39. The SMILES string of the molecule is O=C(Nc1ccc(N=Nc2ccccc2)cc1)[C@H]1Cc2ccccc2CN1S(=O)(=O)c1ccc(F)cc1. The predicted octanol–water partition coefficient (Wildman–Crippen LogP) is 6.00. The van der Waals surface area contributed by atoms with Gasteiger partial charge in [0, 0.05) is 12.2 Å². The molecule has 0 saturated heterocycles. The van der Waals surface area contributed by atoms with Gasteiger partial charge in [0.1, 0.15) is 11.9 Å². The van der Waals surface area contributed by atoms with Crippen molar-refractivity contribution in [3.63, 3.8) is 0 Å². The average molecular weight is 515 g/mol. The maximum Gasteiger partial charge on any atom is 0.244 e. The molecule has 1 heterocycles. The van der Waals surface area contributed by atoms with Gasteiger partial charge in [-0.25, -0.2) is 12.8 Å². The average Bonchev–Trinajstić information content (AvgIpc) is 2.92. The van der Waals surface area contributed by atoms with E-state index in [1.165, 1.54) is 16.4 Å². The molecule has 0 fully saturated rings. The number of carbonyl (C=O) groups is 1. The molecule has 0 aromatic heterocycles. The number of anilines is 1. The fourth-order valence-corrected chi connectivity index (χ4v) is 5.73. The van der Waals surface area contributed by atoms with Gasteiger partial charge < -0.3 is 5.32 Å². The highest BCUT2D eigenvalue weighted by molar-refractivity contribution is 7.89. The lowest BCUT2D eigenvalue weighted by atomic mass is 9.95. The number of azo groups is 1. The third-order valence-corrected chi connectivity index (χ3v) is 7.97. The monoisotopic (exact) mass is 514 g/mol. The molecule has 4 aromatic rings. The van der Waals surface area contributed by atoms with Crippen LogP contribution in [0.1, 0.15) is 11.1 Å². The van der Waals surface area contributed by atoms with Crippen molar-refractivity contribution in [3.8, 4) is 0 Å². The van der Waals surface area contributed by atoms with E-state index < -0.39 is 27.8 Å². The standard InChI is InChI=1S/C28H23FN4O3S/c29-22-10-16-26(17-11-22)37(35,36)33-19-21-7-5-4-6-20(21)18-27(33)28(34)30-23-12-14-25(15-13-23)32-31-24-8-2-1-3-9-24/h1-17,27H,18-19H2,(H,30,34)/t27-/m1/s1. The molecule has 0 aliphatic carbocycles. The van der Waals surface area contributed by atoms with E-state index in [9.17, 15) is 17.6 Å². The Morgan fingerprint density at radius 1 is 0.784 bits per heavy atom. The van der Waals surface area contributed by atoms with E-state index in [0.29, 0.717) is 11.4 Å². The van der Waals surface area contributed by atoms with Crippen LogP contribution in [0.2, 0.25) is 0 Å². The first-order valence-corrected chi connectivity index (χ1v) is 13.1. The highest BCUT2D eigenvalue weighted by Crippen LogP contribution is 2.30. The summed E-state index contributed by atoms with van der Waals surface area (Å²) in [6.07, 6.45) is 0.214. The van der Waals surface area contributed by atoms with Gasteiger partial charge in [0.25, 0.3) is 0 Å². The van der Waals surface area contributed by atoms with E-state index in [1.807, 2.05) is 54.6 Å². The van der Waals surface area contributed by atoms with Crippen LogP contribution in [0.3, 0.4) is 0 Å². The maximum atomic E-state index is 13.5. The first kappa shape index (κ1) is 24.5. The first-order valence-electron chi connectivity index (χ1n) is 11.6. The summed E-state index contributed by atoms with van der Waals surface area (Å²) in [5, 5.41) is 11.2. The number of hydrogen-bond donors (Lipinski definition) is 1. The quantitative estimate of drug-likeness (QED) is 0.320. The molecule has 0 unspecified atom stereocenters. The van der Waals surface area contributed by atoms with E-state index in [-0.39, 0.29) is 17.9 Å². The number of amides is 1. The van der Waals surface area contributed by atoms with Crippen LogP contribution in [0.25, 0.3) is 0 Å². The third-order valence-electron chi connectivity index (χ3n) is 6.10. The van der Waals surface area contributed by atoms with Crippen LogP contribution in [-0.4, -0.2) is 24.7 Å². The Labute approximate surface area is 214 Å². The van der Waals surface area contributed by atoms with Crippen LogP contribution < -0.4 is 5.32 Å². The van der Waals surface area contributed by atoms with Crippen LogP contribution >= 0.6 is 0 Å². The van der Waals surface area contributed by atoms with E-state index in [0.717, 1.165) is 28.9 Å². The fourth-order valence-electron chi connectivity index (χ4n) is 4.16. The van der Waals surface area contributed by atoms with Gasteiger partial charge in [0.05, 0.1) is 16.3 Å². The van der Waals surface area contributed by atoms with Crippen LogP contribution in [0.5, 0.6) is 0 Å². The van der Waals surface area contributed by atoms with E-state index in [4.69, 9.17) is 0 Å². The van der Waals surface area contributed by atoms with Crippen molar-refractivity contribution in [3.05, 3.63) is 120 Å². The second-order valence-corrected chi connectivity index (χ2v) is 10.5. The summed E-state index contributed by atoms with van der Waals surface area (Å²) >= 11 is 0. The van der Waals surface area contributed by atoms with Gasteiger partial charge in [-0.1, -0.05) is 42.5 Å². The number of benzene rings is 4. The van der Waals surface area contributed by atoms with Crippen molar-refractivity contribution >= 4 is 33.0 Å². The summed E-state index contributed by atoms with van der Waals surface area (Å²) in [5.41, 5.74) is 3.56. The number of nitrogens with zero attached hydrogens (tertiary/aromatic N) is 3. The largest absolute Gasteiger partial charge is 0.325 e. The van der Waals surface area contributed by atoms with Gasteiger partial charge in [-0.3, -0.25) is 4.79 Å². The van der Waals surface area contributed by atoms with Crippen LogP contribution in [0.4, 0.5) is 21.5 Å². The van der Waals surface area contributed by atoms with Crippen molar-refractivity contribution < 1.29 is 17.6 Å². The first-order chi connectivity index (χ1) is 17.9. The molecule has 1 N–H and O–H groups in total. The number of rotatable bonds is 6. The Morgan fingerprint density at radius 3 is 2.05 bits per heavy atom. The zero-order chi connectivity index (χ0) is 25.8. The number of hydrogen-bond acceptors (Lipinski definition) is 5. The molecule has 1 aliphatic rings. The lowest BCUT2D eigenvalue weighted by Crippen LogP contribution is -2.50. The minimum Gasteiger partial charge on any atom is -0.325 e. The number of carbonyl (C=O) groups excluding carboxylic acids is 1. The topological polar surface area (TPSA) is 91.2 Å². The molecule has 4 aromatic carbocycles. The smallest absolute Gasteiger partial charge is 0.244 e. The Bertz CT molecular complexity index is 1540. The number of halogens is 1. The van der Waals surface area contributed by atoms with E-state index in [1.54, 1.807) is 24.3 Å². The van der Waals surface area contributed by atoms with Crippen LogP contribution in [0, 0.1) is 5.82 Å². The van der Waals surface area contributed by atoms with Gasteiger partial charge in [-0.05, 0) is 78.2 Å². The Kier molecular flexibility index (Phi) is 6.89. The lowest BCUT2D eigenvalue weighted by Gasteiger charge is -2.35. The maximum absolute atomic E-state index is 13.5. The van der Waals surface area contributed by atoms with Crippen molar-refractivity contribution in [2.75, 3.05) is 5.32 Å². The summed E-state index contributed by atoms with van der Waals surface area (Å²) in [4.78, 5) is 13.3. The summed E-state index contributed by atoms with van der Waals surface area (Å²) in [6.45, 7) is 0.0345. The van der Waals surface area contributed by atoms with E-state index in [2.05, 4.69) is 15.5 Å². The van der Waals surface area contributed by atoms with Gasteiger partial charge in [-0.2, -0.15) is 14.5 Å². The molecule has 7 nitrogen and oxygen atoms in total. The summed E-state index contributed by atoms with van der Waals surface area (Å²) in [5.74, 6) is -0.997. The van der Waals surface area contributed by atoms with Crippen molar-refractivity contribution in [2.45, 2.75) is 23.9 Å². The summed E-state index contributed by atoms with van der Waals surface area (Å²) in [7, 11) is -4.07. The van der Waals surface area contributed by atoms with Gasteiger partial charge >= 0.3 is 0 Å². The predicted molar refractivity (Wildman–Crippen MR) is 139 cm³/mol. The number of fused-ring (bicyclic) bond motifs is 1. The second-order valence-electron chi connectivity index (χ2n) is 8.56. The Hall–Kier alpha value is -4.21. The van der Waals surface area contributed by atoms with Gasteiger partial charge in [-0.15, -0.1) is 0 Å². The molecular formula is C28H23FN4O3S. The zero-order valence-electron chi connectivity index (χ0n) is 19.7. The molecule has 0 radical (unpaired) electrons. The normalized spacial score (nSPS) is 15.9. The molecule has 0 bridgehead atoms. The van der Waals surface area contributed by atoms with Crippen LogP contribution in [-0.2, 0) is 27.8 Å². The Morgan fingerprint density at radius 2 is 1.38 bits per heavy atom. The molecule has 9 heteroatoms. The second kappa shape index (κ2) is 10.4. The van der Waals surface area contributed by atoms with Crippen molar-refractivity contribution in [1.82, 2.24) is 4.31 Å². The third kappa shape index (κ3) is 5.47. The molecule has 186 valence electrons. The molecule has 1 amide bonds. The number of sulfonamides is 1. The molecule has 37 heavy (non-hydrogen) atoms. The van der Waals surface area contributed by atoms with E-state index >= 15 is 0 Å². The molecule has 5 rings (SSSR count). The fraction of sp³-hybridized carbons (Fsp3) is 0.107. The molecular weight excluding hydrogens is 491 g/mol.